The van der Waals surface area contributed by atoms with Gasteiger partial charge in [-0.15, -0.1) is 0 Å². The predicted octanol–water partition coefficient (Wildman–Crippen LogP) is 1.94. The Morgan fingerprint density at radius 1 is 1.53 bits per heavy atom. The molecule has 2 heterocycles. The molecule has 1 aliphatic heterocycles. The molecule has 0 spiro atoms. The maximum atomic E-state index is 5.35. The Labute approximate surface area is 103 Å². The highest BCUT2D eigenvalue weighted by atomic mass is 16.5. The fourth-order valence-corrected chi connectivity index (χ4v) is 2.11. The van der Waals surface area contributed by atoms with Crippen molar-refractivity contribution in [3.63, 3.8) is 0 Å². The summed E-state index contributed by atoms with van der Waals surface area (Å²) < 4.78 is 5.35. The highest BCUT2D eigenvalue weighted by molar-refractivity contribution is 5.08. The second-order valence-corrected chi connectivity index (χ2v) is 4.61. The van der Waals surface area contributed by atoms with E-state index in [1.54, 1.807) is 0 Å². The van der Waals surface area contributed by atoms with Gasteiger partial charge in [0.1, 0.15) is 0 Å². The zero-order valence-corrected chi connectivity index (χ0v) is 10.7. The van der Waals surface area contributed by atoms with Gasteiger partial charge in [0.05, 0.1) is 12.2 Å². The standard InChI is InChI=1S/C13H21N3O/c1-3-14-8-12-7-13(17-15-12)10-16-6-4-5-11(2)9-16/h5,7,14H,3-4,6,8-10H2,1-2H3. The average molecular weight is 235 g/mol. The molecule has 0 saturated carbocycles. The van der Waals surface area contributed by atoms with Crippen LogP contribution in [0.1, 0.15) is 31.7 Å². The van der Waals surface area contributed by atoms with Crippen LogP contribution in [-0.4, -0.2) is 29.7 Å². The lowest BCUT2D eigenvalue weighted by atomic mass is 10.1. The minimum absolute atomic E-state index is 0.791. The van der Waals surface area contributed by atoms with E-state index in [2.05, 4.69) is 41.4 Å². The molecule has 0 saturated heterocycles. The molecule has 0 atom stereocenters. The van der Waals surface area contributed by atoms with E-state index >= 15 is 0 Å². The van der Waals surface area contributed by atoms with Crippen molar-refractivity contribution < 1.29 is 4.52 Å². The molecule has 0 aromatic carbocycles. The molecule has 0 radical (unpaired) electrons. The molecular weight excluding hydrogens is 214 g/mol. The normalized spacial score (nSPS) is 17.2. The van der Waals surface area contributed by atoms with Gasteiger partial charge in [0.15, 0.2) is 5.76 Å². The summed E-state index contributed by atoms with van der Waals surface area (Å²) >= 11 is 0. The molecule has 1 aliphatic rings. The number of nitrogens with one attached hydrogen (secondary N) is 1. The highest BCUT2D eigenvalue weighted by Crippen LogP contribution is 2.13. The molecular formula is C13H21N3O. The van der Waals surface area contributed by atoms with E-state index < -0.39 is 0 Å². The van der Waals surface area contributed by atoms with Crippen molar-refractivity contribution in [2.24, 2.45) is 0 Å². The van der Waals surface area contributed by atoms with Gasteiger partial charge < -0.3 is 9.84 Å². The van der Waals surface area contributed by atoms with E-state index in [-0.39, 0.29) is 0 Å². The van der Waals surface area contributed by atoms with E-state index in [9.17, 15) is 0 Å². The van der Waals surface area contributed by atoms with Crippen LogP contribution in [-0.2, 0) is 13.1 Å². The third-order valence-corrected chi connectivity index (χ3v) is 2.95. The maximum absolute atomic E-state index is 5.35. The second-order valence-electron chi connectivity index (χ2n) is 4.61. The minimum Gasteiger partial charge on any atom is -0.360 e. The summed E-state index contributed by atoms with van der Waals surface area (Å²) in [7, 11) is 0. The van der Waals surface area contributed by atoms with Gasteiger partial charge in [0.2, 0.25) is 0 Å². The van der Waals surface area contributed by atoms with Crippen molar-refractivity contribution in [3.8, 4) is 0 Å². The molecule has 0 unspecified atom stereocenters. The summed E-state index contributed by atoms with van der Waals surface area (Å²) in [6.45, 7) is 9.04. The van der Waals surface area contributed by atoms with Crippen LogP contribution in [0.25, 0.3) is 0 Å². The second kappa shape index (κ2) is 5.98. The number of rotatable bonds is 5. The Balaban J connectivity index is 1.86. The highest BCUT2D eigenvalue weighted by Gasteiger charge is 2.13. The van der Waals surface area contributed by atoms with Gasteiger partial charge in [-0.2, -0.15) is 0 Å². The van der Waals surface area contributed by atoms with Gasteiger partial charge in [-0.05, 0) is 19.9 Å². The van der Waals surface area contributed by atoms with E-state index in [1.807, 2.05) is 0 Å². The summed E-state index contributed by atoms with van der Waals surface area (Å²) in [6, 6.07) is 2.05. The molecule has 0 fully saturated rings. The van der Waals surface area contributed by atoms with Gasteiger partial charge in [0, 0.05) is 25.7 Å². The summed E-state index contributed by atoms with van der Waals surface area (Å²) in [6.07, 6.45) is 3.46. The lowest BCUT2D eigenvalue weighted by Gasteiger charge is -2.24. The molecule has 2 rings (SSSR count). The van der Waals surface area contributed by atoms with E-state index in [0.29, 0.717) is 0 Å². The Hall–Kier alpha value is -1.13. The molecule has 1 aromatic heterocycles. The van der Waals surface area contributed by atoms with Crippen LogP contribution < -0.4 is 5.32 Å². The number of hydrogen-bond donors (Lipinski definition) is 1. The van der Waals surface area contributed by atoms with Crippen molar-refractivity contribution in [3.05, 3.63) is 29.2 Å². The summed E-state index contributed by atoms with van der Waals surface area (Å²) in [5.74, 6) is 0.965. The molecule has 1 N–H and O–H groups in total. The summed E-state index contributed by atoms with van der Waals surface area (Å²) in [4.78, 5) is 2.40. The Morgan fingerprint density at radius 2 is 2.41 bits per heavy atom. The fourth-order valence-electron chi connectivity index (χ4n) is 2.11. The lowest BCUT2D eigenvalue weighted by Crippen LogP contribution is -2.28. The van der Waals surface area contributed by atoms with Crippen LogP contribution in [0.2, 0.25) is 0 Å². The summed E-state index contributed by atoms with van der Waals surface area (Å²) in [5.41, 5.74) is 2.44. The SMILES string of the molecule is CCNCc1cc(CN2CCC=C(C)C2)on1. The van der Waals surface area contributed by atoms with Gasteiger partial charge in [-0.3, -0.25) is 4.90 Å². The Morgan fingerprint density at radius 3 is 3.18 bits per heavy atom. The third-order valence-electron chi connectivity index (χ3n) is 2.95. The monoisotopic (exact) mass is 235 g/mol. The first-order valence-corrected chi connectivity index (χ1v) is 6.31. The first kappa shape index (κ1) is 12.3. The lowest BCUT2D eigenvalue weighted by molar-refractivity contribution is 0.242. The van der Waals surface area contributed by atoms with Gasteiger partial charge in [0.25, 0.3) is 0 Å². The number of hydrogen-bond acceptors (Lipinski definition) is 4. The van der Waals surface area contributed by atoms with Gasteiger partial charge in [-0.25, -0.2) is 0 Å². The minimum atomic E-state index is 0.791. The quantitative estimate of drug-likeness (QED) is 0.792. The topological polar surface area (TPSA) is 41.3 Å². The molecule has 4 nitrogen and oxygen atoms in total. The van der Waals surface area contributed by atoms with E-state index in [4.69, 9.17) is 4.52 Å². The van der Waals surface area contributed by atoms with E-state index in [0.717, 1.165) is 50.6 Å². The van der Waals surface area contributed by atoms with Gasteiger partial charge in [-0.1, -0.05) is 23.7 Å². The van der Waals surface area contributed by atoms with Crippen molar-refractivity contribution in [2.45, 2.75) is 33.4 Å². The Kier molecular flexibility index (Phi) is 4.34. The maximum Gasteiger partial charge on any atom is 0.151 e. The first-order valence-electron chi connectivity index (χ1n) is 6.31. The molecule has 94 valence electrons. The van der Waals surface area contributed by atoms with Crippen molar-refractivity contribution in [1.82, 2.24) is 15.4 Å². The fraction of sp³-hybridized carbons (Fsp3) is 0.615. The molecule has 0 bridgehead atoms. The first-order chi connectivity index (χ1) is 8.28. The molecule has 0 aliphatic carbocycles. The Bertz CT molecular complexity index is 384. The number of aromatic nitrogens is 1. The predicted molar refractivity (Wildman–Crippen MR) is 67.5 cm³/mol. The van der Waals surface area contributed by atoms with Crippen LogP contribution in [0.15, 0.2) is 22.2 Å². The molecule has 0 amide bonds. The molecule has 1 aromatic rings. The van der Waals surface area contributed by atoms with Crippen molar-refractivity contribution >= 4 is 0 Å². The molecule has 4 heteroatoms. The smallest absolute Gasteiger partial charge is 0.151 e. The van der Waals surface area contributed by atoms with Crippen molar-refractivity contribution in [2.75, 3.05) is 19.6 Å². The van der Waals surface area contributed by atoms with Gasteiger partial charge >= 0.3 is 0 Å². The average Bonchev–Trinajstić information content (AvgIpc) is 2.74. The van der Waals surface area contributed by atoms with Crippen LogP contribution >= 0.6 is 0 Å². The van der Waals surface area contributed by atoms with Crippen LogP contribution in [0.5, 0.6) is 0 Å². The van der Waals surface area contributed by atoms with Crippen LogP contribution in [0.4, 0.5) is 0 Å². The zero-order valence-electron chi connectivity index (χ0n) is 10.7. The zero-order chi connectivity index (χ0) is 12.1. The number of nitrogens with zero attached hydrogens (tertiary/aromatic N) is 2. The van der Waals surface area contributed by atoms with Crippen molar-refractivity contribution in [1.29, 1.82) is 0 Å². The van der Waals surface area contributed by atoms with Crippen LogP contribution in [0, 0.1) is 0 Å². The largest absolute Gasteiger partial charge is 0.360 e. The van der Waals surface area contributed by atoms with Crippen LogP contribution in [0.3, 0.4) is 0 Å². The third kappa shape index (κ3) is 3.68. The van der Waals surface area contributed by atoms with E-state index in [1.165, 1.54) is 5.57 Å². The summed E-state index contributed by atoms with van der Waals surface area (Å²) in [5, 5.41) is 7.30. The molecule has 17 heavy (non-hydrogen) atoms.